The number of piperidine rings is 1. The van der Waals surface area contributed by atoms with Gasteiger partial charge in [0.15, 0.2) is 0 Å². The van der Waals surface area contributed by atoms with Gasteiger partial charge in [0.1, 0.15) is 5.75 Å². The molecule has 1 aliphatic rings. The number of aryl methyl sites for hydroxylation is 1. The van der Waals surface area contributed by atoms with E-state index in [4.69, 9.17) is 0 Å². The molecule has 2 aromatic carbocycles. The predicted octanol–water partition coefficient (Wildman–Crippen LogP) is 3.79. The third-order valence-corrected chi connectivity index (χ3v) is 6.52. The van der Waals surface area contributed by atoms with Gasteiger partial charge >= 0.3 is 6.61 Å². The quantitative estimate of drug-likeness (QED) is 0.701. The summed E-state index contributed by atoms with van der Waals surface area (Å²) in [5.41, 5.74) is 1.71. The number of alkyl halides is 2. The Morgan fingerprint density at radius 1 is 1.17 bits per heavy atom. The molecule has 0 amide bonds. The molecule has 1 unspecified atom stereocenters. The zero-order valence-electron chi connectivity index (χ0n) is 16.4. The Hall–Kier alpha value is -2.03. The summed E-state index contributed by atoms with van der Waals surface area (Å²) in [6.45, 7) is 1.42. The first-order chi connectivity index (χ1) is 13.8. The van der Waals surface area contributed by atoms with Gasteiger partial charge in [-0.15, -0.1) is 0 Å². The van der Waals surface area contributed by atoms with Crippen LogP contribution in [-0.4, -0.2) is 39.6 Å². The van der Waals surface area contributed by atoms with Gasteiger partial charge in [-0.3, -0.25) is 4.90 Å². The molecule has 3 rings (SSSR count). The third-order valence-electron chi connectivity index (χ3n) is 5.08. The van der Waals surface area contributed by atoms with Gasteiger partial charge < -0.3 is 4.74 Å². The molecule has 1 saturated heterocycles. The van der Waals surface area contributed by atoms with Crippen molar-refractivity contribution in [1.29, 1.82) is 0 Å². The second kappa shape index (κ2) is 9.65. The Labute approximate surface area is 170 Å². The maximum absolute atomic E-state index is 12.6. The highest BCUT2D eigenvalue weighted by molar-refractivity contribution is 7.89. The maximum atomic E-state index is 12.6. The zero-order chi connectivity index (χ0) is 20.9. The highest BCUT2D eigenvalue weighted by Crippen LogP contribution is 2.25. The van der Waals surface area contributed by atoms with Crippen LogP contribution in [0.4, 0.5) is 8.78 Å². The van der Waals surface area contributed by atoms with Gasteiger partial charge in [-0.05, 0) is 50.4 Å². The summed E-state index contributed by atoms with van der Waals surface area (Å²) in [7, 11) is -3.54. The third kappa shape index (κ3) is 6.22. The van der Waals surface area contributed by atoms with Gasteiger partial charge in [0.05, 0.1) is 4.90 Å². The molecule has 1 heterocycles. The minimum Gasteiger partial charge on any atom is -0.434 e. The van der Waals surface area contributed by atoms with E-state index in [0.29, 0.717) is 25.2 Å². The highest BCUT2D eigenvalue weighted by atomic mass is 32.2. The number of sulfonamides is 1. The topological polar surface area (TPSA) is 58.6 Å². The largest absolute Gasteiger partial charge is 0.434 e. The van der Waals surface area contributed by atoms with E-state index in [1.54, 1.807) is 48.5 Å². The number of hydrogen-bond acceptors (Lipinski definition) is 4. The Bertz CT molecular complexity index is 904. The van der Waals surface area contributed by atoms with Gasteiger partial charge in [0, 0.05) is 25.2 Å². The van der Waals surface area contributed by atoms with E-state index in [9.17, 15) is 17.2 Å². The summed E-state index contributed by atoms with van der Waals surface area (Å²) < 4.78 is 57.5. The van der Waals surface area contributed by atoms with Crippen molar-refractivity contribution >= 4 is 10.0 Å². The number of hydrogen-bond donors (Lipinski definition) is 1. The molecule has 1 aliphatic heterocycles. The van der Waals surface area contributed by atoms with E-state index < -0.39 is 16.6 Å². The number of ether oxygens (including phenoxy) is 1. The second-order valence-corrected chi connectivity index (χ2v) is 9.16. The van der Waals surface area contributed by atoms with E-state index in [1.807, 2.05) is 6.92 Å². The molecule has 29 heavy (non-hydrogen) atoms. The Kier molecular flexibility index (Phi) is 7.21. The smallest absolute Gasteiger partial charge is 0.387 e. The molecule has 1 atom stereocenters. The predicted molar refractivity (Wildman–Crippen MR) is 107 cm³/mol. The van der Waals surface area contributed by atoms with Crippen LogP contribution in [0.2, 0.25) is 0 Å². The zero-order valence-corrected chi connectivity index (χ0v) is 17.2. The molecule has 158 valence electrons. The van der Waals surface area contributed by atoms with Crippen LogP contribution in [0.15, 0.2) is 53.4 Å². The Morgan fingerprint density at radius 3 is 2.62 bits per heavy atom. The molecule has 1 N–H and O–H groups in total. The Balaban J connectivity index is 1.58. The van der Waals surface area contributed by atoms with Crippen LogP contribution in [0.1, 0.15) is 24.0 Å². The van der Waals surface area contributed by atoms with Crippen LogP contribution < -0.4 is 9.46 Å². The monoisotopic (exact) mass is 424 g/mol. The van der Waals surface area contributed by atoms with Crippen LogP contribution in [0, 0.1) is 12.8 Å². The van der Waals surface area contributed by atoms with E-state index in [-0.39, 0.29) is 16.6 Å². The number of para-hydroxylation sites is 1. The number of nitrogens with one attached hydrogen (secondary N) is 1. The molecule has 0 saturated carbocycles. The van der Waals surface area contributed by atoms with Crippen LogP contribution in [0.3, 0.4) is 0 Å². The lowest BCUT2D eigenvalue weighted by Crippen LogP contribution is -2.40. The fourth-order valence-electron chi connectivity index (χ4n) is 3.58. The summed E-state index contributed by atoms with van der Waals surface area (Å²) in [4.78, 5) is 2.41. The van der Waals surface area contributed by atoms with Crippen molar-refractivity contribution in [2.24, 2.45) is 5.92 Å². The normalized spacial score (nSPS) is 18.1. The molecule has 0 radical (unpaired) electrons. The van der Waals surface area contributed by atoms with Crippen molar-refractivity contribution in [2.75, 3.05) is 19.6 Å². The molecule has 5 nitrogen and oxygen atoms in total. The molecule has 2 aromatic rings. The SMILES string of the molecule is Cc1ccc(S(=O)(=O)NCC2CCCN(Cc3ccccc3OC(F)F)C2)cc1. The van der Waals surface area contributed by atoms with Crippen LogP contribution in [0.5, 0.6) is 5.75 Å². The highest BCUT2D eigenvalue weighted by Gasteiger charge is 2.23. The molecule has 0 bridgehead atoms. The van der Waals surface area contributed by atoms with E-state index in [2.05, 4.69) is 14.4 Å². The number of halogens is 2. The van der Waals surface area contributed by atoms with Crippen LogP contribution in [0.25, 0.3) is 0 Å². The maximum Gasteiger partial charge on any atom is 0.387 e. The van der Waals surface area contributed by atoms with Gasteiger partial charge in [0.2, 0.25) is 10.0 Å². The first kappa shape index (κ1) is 21.7. The fourth-order valence-corrected chi connectivity index (χ4v) is 4.69. The number of rotatable bonds is 8. The lowest BCUT2D eigenvalue weighted by molar-refractivity contribution is -0.0508. The average molecular weight is 425 g/mol. The summed E-state index contributed by atoms with van der Waals surface area (Å²) in [6.07, 6.45) is 1.84. The molecule has 0 aromatic heterocycles. The van der Waals surface area contributed by atoms with Crippen molar-refractivity contribution in [2.45, 2.75) is 37.8 Å². The van der Waals surface area contributed by atoms with Crippen molar-refractivity contribution in [3.63, 3.8) is 0 Å². The second-order valence-electron chi connectivity index (χ2n) is 7.39. The first-order valence-corrected chi connectivity index (χ1v) is 11.1. The number of likely N-dealkylation sites (tertiary alicyclic amines) is 1. The molecule has 8 heteroatoms. The number of nitrogens with zero attached hydrogens (tertiary/aromatic N) is 1. The van der Waals surface area contributed by atoms with Crippen molar-refractivity contribution in [3.8, 4) is 5.75 Å². The molecule has 0 spiro atoms. The van der Waals surface area contributed by atoms with Gasteiger partial charge in [-0.1, -0.05) is 35.9 Å². The first-order valence-electron chi connectivity index (χ1n) is 9.65. The van der Waals surface area contributed by atoms with E-state index in [1.165, 1.54) is 0 Å². The van der Waals surface area contributed by atoms with Crippen molar-refractivity contribution in [1.82, 2.24) is 9.62 Å². The van der Waals surface area contributed by atoms with Crippen molar-refractivity contribution < 1.29 is 21.9 Å². The minimum absolute atomic E-state index is 0.159. The summed E-state index contributed by atoms with van der Waals surface area (Å²) in [6, 6.07) is 13.5. The summed E-state index contributed by atoms with van der Waals surface area (Å²) in [5.74, 6) is 0.344. The summed E-state index contributed by atoms with van der Waals surface area (Å²) >= 11 is 0. The minimum atomic E-state index is -3.54. The molecular weight excluding hydrogens is 398 g/mol. The van der Waals surface area contributed by atoms with Gasteiger partial charge in [-0.25, -0.2) is 13.1 Å². The molecular formula is C21H26F2N2O3S. The van der Waals surface area contributed by atoms with Crippen LogP contribution in [-0.2, 0) is 16.6 Å². The lowest BCUT2D eigenvalue weighted by atomic mass is 9.98. The van der Waals surface area contributed by atoms with Gasteiger partial charge in [-0.2, -0.15) is 8.78 Å². The van der Waals surface area contributed by atoms with E-state index >= 15 is 0 Å². The summed E-state index contributed by atoms with van der Waals surface area (Å²) in [5, 5.41) is 0. The Morgan fingerprint density at radius 2 is 1.90 bits per heavy atom. The average Bonchev–Trinajstić information content (AvgIpc) is 2.68. The standard InChI is InChI=1S/C21H26F2N2O3S/c1-16-8-10-19(11-9-16)29(26,27)24-13-17-5-4-12-25(14-17)15-18-6-2-3-7-20(18)28-21(22)23/h2-3,6-11,17,21,24H,4-5,12-15H2,1H3. The van der Waals surface area contributed by atoms with Crippen LogP contribution >= 0.6 is 0 Å². The van der Waals surface area contributed by atoms with Gasteiger partial charge in [0.25, 0.3) is 0 Å². The number of benzene rings is 2. The molecule has 0 aliphatic carbocycles. The lowest BCUT2D eigenvalue weighted by Gasteiger charge is -2.33. The molecule has 1 fully saturated rings. The van der Waals surface area contributed by atoms with Crippen molar-refractivity contribution in [3.05, 3.63) is 59.7 Å². The fraction of sp³-hybridized carbons (Fsp3) is 0.429. The van der Waals surface area contributed by atoms with E-state index in [0.717, 1.165) is 24.9 Å².